The minimum absolute atomic E-state index is 0.0290. The highest BCUT2D eigenvalue weighted by atomic mass is 32.2. The molecule has 1 amide bonds. The van der Waals surface area contributed by atoms with Gasteiger partial charge in [0.1, 0.15) is 5.75 Å². The Bertz CT molecular complexity index is 899. The summed E-state index contributed by atoms with van der Waals surface area (Å²) < 4.78 is 32.0. The summed E-state index contributed by atoms with van der Waals surface area (Å²) in [5, 5.41) is 2.89. The van der Waals surface area contributed by atoms with Gasteiger partial charge in [-0.25, -0.2) is 8.42 Å². The topological polar surface area (TPSA) is 75.7 Å². The summed E-state index contributed by atoms with van der Waals surface area (Å²) >= 11 is 0. The van der Waals surface area contributed by atoms with Gasteiger partial charge in [-0.1, -0.05) is 49.4 Å². The Hall–Kier alpha value is -2.54. The quantitative estimate of drug-likeness (QED) is 0.825. The van der Waals surface area contributed by atoms with Crippen LogP contribution in [-0.2, 0) is 14.8 Å². The van der Waals surface area contributed by atoms with Crippen LogP contribution in [0.4, 0.5) is 5.69 Å². The standard InChI is InChI=1S/C20H24N2O4S/c1-3-27(24,25)22-14-19(26-18-12-8-7-11-17(18)22)20(23)21-13-15(2)16-9-5-4-6-10-16/h4-12,15,19H,3,13-14H2,1-2H3,(H,21,23)/t15-,19+/m0/s1. The van der Waals surface area contributed by atoms with Gasteiger partial charge in [0, 0.05) is 6.54 Å². The molecule has 1 aliphatic rings. The van der Waals surface area contributed by atoms with Crippen molar-refractivity contribution in [2.24, 2.45) is 0 Å². The zero-order valence-corrected chi connectivity index (χ0v) is 16.3. The Kier molecular flexibility index (Phi) is 5.70. The molecule has 27 heavy (non-hydrogen) atoms. The predicted molar refractivity (Wildman–Crippen MR) is 106 cm³/mol. The summed E-state index contributed by atoms with van der Waals surface area (Å²) in [7, 11) is -3.50. The molecule has 1 N–H and O–H groups in total. The Morgan fingerprint density at radius 2 is 1.85 bits per heavy atom. The second-order valence-corrected chi connectivity index (χ2v) is 8.74. The highest BCUT2D eigenvalue weighted by molar-refractivity contribution is 7.92. The van der Waals surface area contributed by atoms with Gasteiger partial charge in [-0.2, -0.15) is 0 Å². The molecule has 144 valence electrons. The van der Waals surface area contributed by atoms with Crippen LogP contribution in [0.15, 0.2) is 54.6 Å². The molecule has 1 aliphatic heterocycles. The van der Waals surface area contributed by atoms with Crippen molar-refractivity contribution in [1.29, 1.82) is 0 Å². The Labute approximate surface area is 160 Å². The zero-order chi connectivity index (χ0) is 19.4. The number of nitrogens with one attached hydrogen (secondary N) is 1. The van der Waals surface area contributed by atoms with Crippen molar-refractivity contribution in [3.05, 3.63) is 60.2 Å². The molecule has 0 aromatic heterocycles. The summed E-state index contributed by atoms with van der Waals surface area (Å²) in [6, 6.07) is 16.8. The van der Waals surface area contributed by atoms with Crippen LogP contribution in [0.3, 0.4) is 0 Å². The fraction of sp³-hybridized carbons (Fsp3) is 0.350. The van der Waals surface area contributed by atoms with Gasteiger partial charge < -0.3 is 10.1 Å². The number of hydrogen-bond donors (Lipinski definition) is 1. The Morgan fingerprint density at radius 1 is 1.19 bits per heavy atom. The Balaban J connectivity index is 1.72. The second-order valence-electron chi connectivity index (χ2n) is 6.56. The van der Waals surface area contributed by atoms with Crippen LogP contribution in [0, 0.1) is 0 Å². The number of ether oxygens (including phenoxy) is 1. The lowest BCUT2D eigenvalue weighted by Gasteiger charge is -2.34. The number of fused-ring (bicyclic) bond motifs is 1. The van der Waals surface area contributed by atoms with Gasteiger partial charge in [0.2, 0.25) is 10.0 Å². The summed E-state index contributed by atoms with van der Waals surface area (Å²) in [6.07, 6.45) is -0.885. The molecule has 0 saturated heterocycles. The number of hydrogen-bond acceptors (Lipinski definition) is 4. The molecule has 2 aromatic carbocycles. The summed E-state index contributed by atoms with van der Waals surface area (Å²) in [4.78, 5) is 12.6. The van der Waals surface area contributed by atoms with E-state index in [0.717, 1.165) is 5.56 Å². The van der Waals surface area contributed by atoms with Gasteiger partial charge in [-0.3, -0.25) is 9.10 Å². The largest absolute Gasteiger partial charge is 0.476 e. The highest BCUT2D eigenvalue weighted by Crippen LogP contribution is 2.35. The molecule has 1 heterocycles. The number of sulfonamides is 1. The normalized spacial score (nSPS) is 17.6. The third-order valence-corrected chi connectivity index (χ3v) is 6.43. The number of anilines is 1. The van der Waals surface area contributed by atoms with Crippen LogP contribution in [0.1, 0.15) is 25.3 Å². The minimum Gasteiger partial charge on any atom is -0.476 e. The van der Waals surface area contributed by atoms with E-state index in [1.54, 1.807) is 31.2 Å². The van der Waals surface area contributed by atoms with E-state index < -0.39 is 16.1 Å². The van der Waals surface area contributed by atoms with Crippen molar-refractivity contribution in [2.75, 3.05) is 23.1 Å². The number of carbonyl (C=O) groups excluding carboxylic acids is 1. The van der Waals surface area contributed by atoms with E-state index in [-0.39, 0.29) is 24.1 Å². The number of para-hydroxylation sites is 2. The number of benzene rings is 2. The molecular formula is C20H24N2O4S. The third-order valence-electron chi connectivity index (χ3n) is 4.68. The molecule has 0 aliphatic carbocycles. The summed E-state index contributed by atoms with van der Waals surface area (Å²) in [6.45, 7) is 4.04. The molecule has 2 atom stereocenters. The van der Waals surface area contributed by atoms with E-state index in [1.807, 2.05) is 37.3 Å². The van der Waals surface area contributed by atoms with Gasteiger partial charge in [-0.05, 0) is 30.5 Å². The number of nitrogens with zero attached hydrogens (tertiary/aromatic N) is 1. The molecule has 0 spiro atoms. The van der Waals surface area contributed by atoms with Crippen molar-refractivity contribution in [2.45, 2.75) is 25.9 Å². The lowest BCUT2D eigenvalue weighted by Crippen LogP contribution is -2.51. The maximum atomic E-state index is 12.6. The SMILES string of the molecule is CCS(=O)(=O)N1C[C@H](C(=O)NC[C@H](C)c2ccccc2)Oc2ccccc21. The van der Waals surface area contributed by atoms with Gasteiger partial charge in [0.25, 0.3) is 5.91 Å². The molecule has 0 bridgehead atoms. The smallest absolute Gasteiger partial charge is 0.263 e. The van der Waals surface area contributed by atoms with E-state index in [9.17, 15) is 13.2 Å². The van der Waals surface area contributed by atoms with E-state index in [0.29, 0.717) is 18.0 Å². The third kappa shape index (κ3) is 4.24. The first-order chi connectivity index (χ1) is 12.9. The second kappa shape index (κ2) is 8.00. The van der Waals surface area contributed by atoms with Crippen LogP contribution in [-0.4, -0.2) is 39.3 Å². The van der Waals surface area contributed by atoms with Crippen molar-refractivity contribution < 1.29 is 17.9 Å². The minimum atomic E-state index is -3.50. The molecule has 0 fully saturated rings. The van der Waals surface area contributed by atoms with Crippen LogP contribution in [0.25, 0.3) is 0 Å². The van der Waals surface area contributed by atoms with Crippen LogP contribution < -0.4 is 14.4 Å². The monoisotopic (exact) mass is 388 g/mol. The van der Waals surface area contributed by atoms with Crippen LogP contribution >= 0.6 is 0 Å². The highest BCUT2D eigenvalue weighted by Gasteiger charge is 2.35. The molecule has 2 aromatic rings. The average molecular weight is 388 g/mol. The Morgan fingerprint density at radius 3 is 2.56 bits per heavy atom. The maximum absolute atomic E-state index is 12.6. The number of amides is 1. The first-order valence-corrected chi connectivity index (χ1v) is 10.6. The molecule has 6 nitrogen and oxygen atoms in total. The lowest BCUT2D eigenvalue weighted by molar-refractivity contribution is -0.127. The van der Waals surface area contributed by atoms with Crippen molar-refractivity contribution in [3.63, 3.8) is 0 Å². The predicted octanol–water partition coefficient (Wildman–Crippen LogP) is 2.52. The molecule has 3 rings (SSSR count). The van der Waals surface area contributed by atoms with E-state index in [2.05, 4.69) is 5.32 Å². The fourth-order valence-electron chi connectivity index (χ4n) is 3.02. The first kappa shape index (κ1) is 19.2. The van der Waals surface area contributed by atoms with E-state index >= 15 is 0 Å². The van der Waals surface area contributed by atoms with Gasteiger partial charge in [0.05, 0.1) is 18.0 Å². The zero-order valence-electron chi connectivity index (χ0n) is 15.5. The molecular weight excluding hydrogens is 364 g/mol. The molecule has 0 radical (unpaired) electrons. The molecule has 0 unspecified atom stereocenters. The van der Waals surface area contributed by atoms with Crippen LogP contribution in [0.2, 0.25) is 0 Å². The molecule has 7 heteroatoms. The van der Waals surface area contributed by atoms with E-state index in [1.165, 1.54) is 4.31 Å². The lowest BCUT2D eigenvalue weighted by atomic mass is 10.0. The van der Waals surface area contributed by atoms with Crippen molar-refractivity contribution >= 4 is 21.6 Å². The van der Waals surface area contributed by atoms with E-state index in [4.69, 9.17) is 4.74 Å². The summed E-state index contributed by atoms with van der Waals surface area (Å²) in [5.74, 6) is 0.183. The number of carbonyl (C=O) groups is 1. The molecule has 0 saturated carbocycles. The van der Waals surface area contributed by atoms with Gasteiger partial charge in [-0.15, -0.1) is 0 Å². The number of rotatable bonds is 6. The van der Waals surface area contributed by atoms with Crippen molar-refractivity contribution in [3.8, 4) is 5.75 Å². The summed E-state index contributed by atoms with van der Waals surface area (Å²) in [5.41, 5.74) is 1.60. The maximum Gasteiger partial charge on any atom is 0.263 e. The van der Waals surface area contributed by atoms with Gasteiger partial charge in [0.15, 0.2) is 6.10 Å². The first-order valence-electron chi connectivity index (χ1n) is 9.01. The van der Waals surface area contributed by atoms with Gasteiger partial charge >= 0.3 is 0 Å². The average Bonchev–Trinajstić information content (AvgIpc) is 2.71. The van der Waals surface area contributed by atoms with Crippen molar-refractivity contribution in [1.82, 2.24) is 5.32 Å². The fourth-order valence-corrected chi connectivity index (χ4v) is 4.15. The van der Waals surface area contributed by atoms with Crippen LogP contribution in [0.5, 0.6) is 5.75 Å².